The Hall–Kier alpha value is -2.27. The van der Waals surface area contributed by atoms with Crippen molar-refractivity contribution >= 4 is 10.9 Å². The molecular weight excluding hydrogens is 262 g/mol. The smallest absolute Gasteiger partial charge is 0.251 e. The lowest BCUT2D eigenvalue weighted by atomic mass is 10.2. The van der Waals surface area contributed by atoms with Crippen LogP contribution in [0, 0.1) is 6.92 Å². The maximum absolute atomic E-state index is 4.61. The van der Waals surface area contributed by atoms with E-state index in [0.29, 0.717) is 12.0 Å². The monoisotopic (exact) mass is 279 g/mol. The summed E-state index contributed by atoms with van der Waals surface area (Å²) in [4.78, 5) is 9.09. The summed E-state index contributed by atoms with van der Waals surface area (Å²) in [6.07, 6.45) is 6.33. The van der Waals surface area contributed by atoms with Crippen LogP contribution in [0.5, 0.6) is 0 Å². The Labute approximate surface area is 123 Å². The van der Waals surface area contributed by atoms with Crippen molar-refractivity contribution < 1.29 is 0 Å². The molecule has 1 fully saturated rings. The van der Waals surface area contributed by atoms with Crippen molar-refractivity contribution in [1.29, 1.82) is 0 Å². The number of fused-ring (bicyclic) bond motifs is 1. The summed E-state index contributed by atoms with van der Waals surface area (Å²) in [5.41, 5.74) is 3.19. The van der Waals surface area contributed by atoms with E-state index in [1.165, 1.54) is 12.8 Å². The van der Waals surface area contributed by atoms with Crippen LogP contribution in [0.1, 0.15) is 24.1 Å². The van der Waals surface area contributed by atoms with E-state index in [0.717, 1.165) is 28.7 Å². The Balaban J connectivity index is 1.67. The van der Waals surface area contributed by atoms with Gasteiger partial charge in [-0.25, -0.2) is 9.97 Å². The summed E-state index contributed by atoms with van der Waals surface area (Å²) in [7, 11) is 0. The highest BCUT2D eigenvalue weighted by atomic mass is 15.3. The van der Waals surface area contributed by atoms with Gasteiger partial charge in [0, 0.05) is 35.4 Å². The van der Waals surface area contributed by atoms with Gasteiger partial charge in [-0.1, -0.05) is 18.2 Å². The first kappa shape index (κ1) is 12.5. The minimum absolute atomic E-state index is 0.629. The molecule has 21 heavy (non-hydrogen) atoms. The highest BCUT2D eigenvalue weighted by Gasteiger charge is 2.20. The SMILES string of the molecule is Cc1nc(-n2ncc3ccccc32)ncc1CNC1CC1. The standard InChI is InChI=1S/C16H17N5/c1-11-13(8-17-14-6-7-14)9-18-16(20-11)21-15-5-3-2-4-12(15)10-19-21/h2-5,9-10,14,17H,6-8H2,1H3. The molecule has 5 heteroatoms. The van der Waals surface area contributed by atoms with Gasteiger partial charge >= 0.3 is 0 Å². The van der Waals surface area contributed by atoms with Crippen molar-refractivity contribution in [2.75, 3.05) is 0 Å². The van der Waals surface area contributed by atoms with E-state index < -0.39 is 0 Å². The highest BCUT2D eigenvalue weighted by molar-refractivity contribution is 5.79. The molecule has 0 atom stereocenters. The average Bonchev–Trinajstić information content (AvgIpc) is 3.23. The van der Waals surface area contributed by atoms with E-state index in [-0.39, 0.29) is 0 Å². The number of nitrogens with zero attached hydrogens (tertiary/aromatic N) is 4. The molecule has 4 rings (SSSR count). The Bertz CT molecular complexity index is 788. The lowest BCUT2D eigenvalue weighted by Crippen LogP contribution is -2.17. The van der Waals surface area contributed by atoms with E-state index in [2.05, 4.69) is 20.4 Å². The number of aromatic nitrogens is 4. The third kappa shape index (κ3) is 2.40. The minimum atomic E-state index is 0.629. The molecule has 1 aliphatic carbocycles. The van der Waals surface area contributed by atoms with E-state index in [4.69, 9.17) is 0 Å². The number of nitrogens with one attached hydrogen (secondary N) is 1. The molecule has 0 spiro atoms. The fourth-order valence-electron chi connectivity index (χ4n) is 2.43. The largest absolute Gasteiger partial charge is 0.310 e. The molecule has 0 bridgehead atoms. The van der Waals surface area contributed by atoms with Gasteiger partial charge in [0.15, 0.2) is 0 Å². The Morgan fingerprint density at radius 3 is 2.90 bits per heavy atom. The quantitative estimate of drug-likeness (QED) is 0.796. The number of rotatable bonds is 4. The predicted molar refractivity (Wildman–Crippen MR) is 81.3 cm³/mol. The van der Waals surface area contributed by atoms with Crippen molar-refractivity contribution in [1.82, 2.24) is 25.1 Å². The van der Waals surface area contributed by atoms with E-state index >= 15 is 0 Å². The average molecular weight is 279 g/mol. The lowest BCUT2D eigenvalue weighted by molar-refractivity contribution is 0.676. The minimum Gasteiger partial charge on any atom is -0.310 e. The second kappa shape index (κ2) is 4.93. The number of hydrogen-bond donors (Lipinski definition) is 1. The van der Waals surface area contributed by atoms with Crippen molar-refractivity contribution in [3.8, 4) is 5.95 Å². The summed E-state index contributed by atoms with van der Waals surface area (Å²) in [6.45, 7) is 2.87. The molecule has 0 amide bonds. The van der Waals surface area contributed by atoms with Gasteiger partial charge in [0.25, 0.3) is 5.95 Å². The molecule has 1 saturated carbocycles. The topological polar surface area (TPSA) is 55.6 Å². The molecule has 0 radical (unpaired) electrons. The van der Waals surface area contributed by atoms with Gasteiger partial charge in [0.1, 0.15) is 0 Å². The Kier molecular flexibility index (Phi) is 2.93. The normalized spacial score (nSPS) is 14.7. The first-order valence-corrected chi connectivity index (χ1v) is 7.30. The fourth-order valence-corrected chi connectivity index (χ4v) is 2.43. The highest BCUT2D eigenvalue weighted by Crippen LogP contribution is 2.20. The predicted octanol–water partition coefficient (Wildman–Crippen LogP) is 2.38. The fraction of sp³-hybridized carbons (Fsp3) is 0.312. The third-order valence-electron chi connectivity index (χ3n) is 3.89. The third-order valence-corrected chi connectivity index (χ3v) is 3.89. The molecule has 1 N–H and O–H groups in total. The van der Waals surface area contributed by atoms with Crippen molar-refractivity contribution in [3.63, 3.8) is 0 Å². The molecule has 106 valence electrons. The van der Waals surface area contributed by atoms with Crippen LogP contribution in [0.4, 0.5) is 0 Å². The van der Waals surface area contributed by atoms with Crippen LogP contribution in [-0.2, 0) is 6.54 Å². The first-order valence-electron chi connectivity index (χ1n) is 7.30. The molecule has 0 aliphatic heterocycles. The molecule has 0 unspecified atom stereocenters. The molecule has 2 aromatic heterocycles. The van der Waals surface area contributed by atoms with Gasteiger partial charge in [0.05, 0.1) is 11.7 Å². The molecule has 0 saturated heterocycles. The van der Waals surface area contributed by atoms with E-state index in [9.17, 15) is 0 Å². The van der Waals surface area contributed by atoms with Gasteiger partial charge in [-0.15, -0.1) is 0 Å². The number of para-hydroxylation sites is 1. The summed E-state index contributed by atoms with van der Waals surface area (Å²) in [5.74, 6) is 0.629. The zero-order valence-electron chi connectivity index (χ0n) is 12.0. The summed E-state index contributed by atoms with van der Waals surface area (Å²) >= 11 is 0. The molecule has 2 heterocycles. The van der Waals surface area contributed by atoms with Crippen LogP contribution in [0.15, 0.2) is 36.7 Å². The maximum Gasteiger partial charge on any atom is 0.251 e. The summed E-state index contributed by atoms with van der Waals surface area (Å²) in [5, 5.41) is 8.99. The number of aryl methyl sites for hydroxylation is 1. The second-order valence-corrected chi connectivity index (χ2v) is 5.55. The zero-order valence-corrected chi connectivity index (χ0v) is 12.0. The van der Waals surface area contributed by atoms with Gasteiger partial charge in [-0.3, -0.25) is 0 Å². The maximum atomic E-state index is 4.61. The van der Waals surface area contributed by atoms with Crippen LogP contribution in [0.25, 0.3) is 16.9 Å². The Morgan fingerprint density at radius 2 is 2.10 bits per heavy atom. The number of benzene rings is 1. The summed E-state index contributed by atoms with van der Waals surface area (Å²) in [6, 6.07) is 8.77. The lowest BCUT2D eigenvalue weighted by Gasteiger charge is -2.08. The van der Waals surface area contributed by atoms with Crippen LogP contribution in [-0.4, -0.2) is 25.8 Å². The molecule has 5 nitrogen and oxygen atoms in total. The van der Waals surface area contributed by atoms with Gasteiger partial charge in [-0.2, -0.15) is 9.78 Å². The van der Waals surface area contributed by atoms with Crippen LogP contribution in [0.2, 0.25) is 0 Å². The molecule has 1 aromatic carbocycles. The van der Waals surface area contributed by atoms with Crippen LogP contribution >= 0.6 is 0 Å². The Morgan fingerprint density at radius 1 is 1.24 bits per heavy atom. The van der Waals surface area contributed by atoms with Crippen molar-refractivity contribution in [2.24, 2.45) is 0 Å². The van der Waals surface area contributed by atoms with Crippen molar-refractivity contribution in [3.05, 3.63) is 47.9 Å². The number of hydrogen-bond acceptors (Lipinski definition) is 4. The second-order valence-electron chi connectivity index (χ2n) is 5.55. The van der Waals surface area contributed by atoms with Crippen molar-refractivity contribution in [2.45, 2.75) is 32.4 Å². The van der Waals surface area contributed by atoms with Gasteiger partial charge in [-0.05, 0) is 25.8 Å². The van der Waals surface area contributed by atoms with E-state index in [1.54, 1.807) is 4.68 Å². The van der Waals surface area contributed by atoms with Crippen LogP contribution < -0.4 is 5.32 Å². The van der Waals surface area contributed by atoms with Gasteiger partial charge in [0.2, 0.25) is 0 Å². The summed E-state index contributed by atoms with van der Waals surface area (Å²) < 4.78 is 1.79. The molecule has 3 aromatic rings. The van der Waals surface area contributed by atoms with Crippen LogP contribution in [0.3, 0.4) is 0 Å². The van der Waals surface area contributed by atoms with E-state index in [1.807, 2.05) is 43.6 Å². The van der Waals surface area contributed by atoms with Gasteiger partial charge < -0.3 is 5.32 Å². The first-order chi connectivity index (χ1) is 10.3. The molecule has 1 aliphatic rings. The molecular formula is C16H17N5. The zero-order chi connectivity index (χ0) is 14.2.